The van der Waals surface area contributed by atoms with Crippen LogP contribution in [0.1, 0.15) is 37.8 Å². The minimum atomic E-state index is 0.143. The molecular weight excluding hydrogens is 352 g/mol. The zero-order valence-corrected chi connectivity index (χ0v) is 16.5. The number of aliphatic imine (C=N–C) groups is 1. The van der Waals surface area contributed by atoms with Gasteiger partial charge >= 0.3 is 0 Å². The van der Waals surface area contributed by atoms with Crippen LogP contribution in [0, 0.1) is 0 Å². The average molecular weight is 380 g/mol. The molecule has 2 aromatic rings. The van der Waals surface area contributed by atoms with E-state index in [9.17, 15) is 4.79 Å². The first-order valence-corrected chi connectivity index (χ1v) is 9.69. The number of likely N-dealkylation sites (tertiary alicyclic amines) is 1. The Morgan fingerprint density at radius 3 is 2.64 bits per heavy atom. The van der Waals surface area contributed by atoms with E-state index in [-0.39, 0.29) is 12.0 Å². The van der Waals surface area contributed by atoms with E-state index in [1.165, 1.54) is 0 Å². The topological polar surface area (TPSA) is 80.0 Å². The molecule has 2 aromatic carbocycles. The van der Waals surface area contributed by atoms with Gasteiger partial charge in [0.1, 0.15) is 5.75 Å². The smallest absolute Gasteiger partial charge is 0.222 e. The molecule has 1 amide bonds. The van der Waals surface area contributed by atoms with Crippen LogP contribution in [-0.2, 0) is 17.9 Å². The van der Waals surface area contributed by atoms with Gasteiger partial charge in [-0.05, 0) is 55.7 Å². The van der Waals surface area contributed by atoms with Crippen molar-refractivity contribution in [3.8, 4) is 5.75 Å². The maximum atomic E-state index is 11.8. The largest absolute Gasteiger partial charge is 0.491 e. The second kappa shape index (κ2) is 9.26. The van der Waals surface area contributed by atoms with E-state index < -0.39 is 0 Å². The van der Waals surface area contributed by atoms with Crippen LogP contribution in [0.3, 0.4) is 0 Å². The molecule has 148 valence electrons. The second-order valence-electron chi connectivity index (χ2n) is 7.26. The van der Waals surface area contributed by atoms with Crippen LogP contribution in [-0.4, -0.2) is 29.4 Å². The molecule has 0 aliphatic carbocycles. The fraction of sp³-hybridized carbons (Fsp3) is 0.364. The number of carbonyl (C=O) groups is 1. The van der Waals surface area contributed by atoms with Crippen LogP contribution in [0.25, 0.3) is 0 Å². The number of carbonyl (C=O) groups excluding carboxylic acids is 1. The molecule has 1 aliphatic heterocycles. The Kier molecular flexibility index (Phi) is 6.53. The molecule has 0 atom stereocenters. The lowest BCUT2D eigenvalue weighted by Gasteiger charge is -2.15. The van der Waals surface area contributed by atoms with Gasteiger partial charge in [-0.15, -0.1) is 0 Å². The predicted octanol–water partition coefficient (Wildman–Crippen LogP) is 3.52. The monoisotopic (exact) mass is 380 g/mol. The predicted molar refractivity (Wildman–Crippen MR) is 112 cm³/mol. The van der Waals surface area contributed by atoms with Gasteiger partial charge in [-0.2, -0.15) is 0 Å². The van der Waals surface area contributed by atoms with Crippen molar-refractivity contribution in [2.75, 3.05) is 11.9 Å². The number of nitrogens with two attached hydrogens (primary N) is 1. The van der Waals surface area contributed by atoms with Crippen molar-refractivity contribution < 1.29 is 9.53 Å². The van der Waals surface area contributed by atoms with Gasteiger partial charge in [0.25, 0.3) is 0 Å². The zero-order chi connectivity index (χ0) is 19.9. The lowest BCUT2D eigenvalue weighted by atomic mass is 10.1. The highest BCUT2D eigenvalue weighted by Crippen LogP contribution is 2.17. The molecule has 0 unspecified atom stereocenters. The molecule has 0 bridgehead atoms. The van der Waals surface area contributed by atoms with Gasteiger partial charge in [-0.1, -0.05) is 24.3 Å². The summed E-state index contributed by atoms with van der Waals surface area (Å²) in [4.78, 5) is 18.1. The number of hydrogen-bond donors (Lipinski definition) is 2. The van der Waals surface area contributed by atoms with Crippen molar-refractivity contribution in [3.05, 3.63) is 59.7 Å². The van der Waals surface area contributed by atoms with Crippen LogP contribution < -0.4 is 15.8 Å². The molecule has 1 saturated heterocycles. The van der Waals surface area contributed by atoms with E-state index in [1.54, 1.807) is 0 Å². The Labute approximate surface area is 166 Å². The summed E-state index contributed by atoms with van der Waals surface area (Å²) in [5.41, 5.74) is 9.06. The highest BCUT2D eigenvalue weighted by molar-refractivity contribution is 5.92. The SMILES string of the molecule is CC(C)Oc1ccc(NC(N)=NCc2cccc(CN3CCCC3=O)c2)cc1. The summed E-state index contributed by atoms with van der Waals surface area (Å²) in [6.45, 7) is 5.98. The Morgan fingerprint density at radius 1 is 1.21 bits per heavy atom. The van der Waals surface area contributed by atoms with Crippen LogP contribution in [0.2, 0.25) is 0 Å². The average Bonchev–Trinajstić information content (AvgIpc) is 3.06. The maximum Gasteiger partial charge on any atom is 0.222 e. The highest BCUT2D eigenvalue weighted by atomic mass is 16.5. The summed E-state index contributed by atoms with van der Waals surface area (Å²) in [6, 6.07) is 15.8. The van der Waals surface area contributed by atoms with Gasteiger partial charge in [-0.3, -0.25) is 4.79 Å². The molecule has 3 N–H and O–H groups in total. The van der Waals surface area contributed by atoms with Crippen molar-refractivity contribution in [1.82, 2.24) is 4.90 Å². The fourth-order valence-corrected chi connectivity index (χ4v) is 3.17. The van der Waals surface area contributed by atoms with E-state index >= 15 is 0 Å². The number of benzene rings is 2. The number of rotatable bonds is 7. The lowest BCUT2D eigenvalue weighted by Crippen LogP contribution is -2.24. The molecule has 0 aromatic heterocycles. The number of amides is 1. The van der Waals surface area contributed by atoms with E-state index in [0.717, 1.165) is 35.5 Å². The zero-order valence-electron chi connectivity index (χ0n) is 16.5. The third kappa shape index (κ3) is 5.74. The Bertz CT molecular complexity index is 831. The van der Waals surface area contributed by atoms with E-state index in [4.69, 9.17) is 10.5 Å². The number of hydrogen-bond acceptors (Lipinski definition) is 3. The van der Waals surface area contributed by atoms with E-state index in [1.807, 2.05) is 61.2 Å². The Morgan fingerprint density at radius 2 is 1.96 bits per heavy atom. The second-order valence-corrected chi connectivity index (χ2v) is 7.26. The van der Waals surface area contributed by atoms with Crippen LogP contribution >= 0.6 is 0 Å². The highest BCUT2D eigenvalue weighted by Gasteiger charge is 2.19. The molecule has 3 rings (SSSR count). The standard InChI is InChI=1S/C22H28N4O2/c1-16(2)28-20-10-8-19(9-11-20)25-22(23)24-14-17-5-3-6-18(13-17)15-26-12-4-7-21(26)27/h3,5-6,8-11,13,16H,4,7,12,14-15H2,1-2H3,(H3,23,24,25). The van der Waals surface area contributed by atoms with E-state index in [0.29, 0.717) is 25.5 Å². The summed E-state index contributed by atoms with van der Waals surface area (Å²) in [7, 11) is 0. The normalized spacial score (nSPS) is 14.6. The Hall–Kier alpha value is -3.02. The Balaban J connectivity index is 1.55. The number of guanidine groups is 1. The maximum absolute atomic E-state index is 11.8. The van der Waals surface area contributed by atoms with Crippen molar-refractivity contribution in [2.24, 2.45) is 10.7 Å². The van der Waals surface area contributed by atoms with Crippen LogP contribution in [0.15, 0.2) is 53.5 Å². The van der Waals surface area contributed by atoms with Gasteiger partial charge in [-0.25, -0.2) is 4.99 Å². The minimum absolute atomic E-state index is 0.143. The molecule has 0 spiro atoms. The van der Waals surface area contributed by atoms with Crippen molar-refractivity contribution in [3.63, 3.8) is 0 Å². The van der Waals surface area contributed by atoms with Crippen LogP contribution in [0.5, 0.6) is 5.75 Å². The molecule has 0 saturated carbocycles. The molecule has 0 radical (unpaired) electrons. The first kappa shape index (κ1) is 19.7. The van der Waals surface area contributed by atoms with Gasteiger partial charge < -0.3 is 20.7 Å². The lowest BCUT2D eigenvalue weighted by molar-refractivity contribution is -0.128. The van der Waals surface area contributed by atoms with E-state index in [2.05, 4.69) is 16.4 Å². The number of nitrogens with zero attached hydrogens (tertiary/aromatic N) is 2. The first-order valence-electron chi connectivity index (χ1n) is 9.69. The van der Waals surface area contributed by atoms with Gasteiger partial charge in [0.05, 0.1) is 12.6 Å². The molecule has 1 heterocycles. The van der Waals surface area contributed by atoms with Gasteiger partial charge in [0, 0.05) is 25.2 Å². The summed E-state index contributed by atoms with van der Waals surface area (Å²) in [5, 5.41) is 3.09. The summed E-state index contributed by atoms with van der Waals surface area (Å²) in [6.07, 6.45) is 1.76. The minimum Gasteiger partial charge on any atom is -0.491 e. The van der Waals surface area contributed by atoms with Crippen molar-refractivity contribution in [2.45, 2.75) is 45.9 Å². The third-order valence-electron chi connectivity index (χ3n) is 4.47. The van der Waals surface area contributed by atoms with Gasteiger partial charge in [0.2, 0.25) is 5.91 Å². The third-order valence-corrected chi connectivity index (χ3v) is 4.47. The quantitative estimate of drug-likeness (QED) is 0.569. The molecule has 28 heavy (non-hydrogen) atoms. The molecular formula is C22H28N4O2. The molecule has 6 nitrogen and oxygen atoms in total. The first-order chi connectivity index (χ1) is 13.5. The van der Waals surface area contributed by atoms with Gasteiger partial charge in [0.15, 0.2) is 5.96 Å². The molecule has 1 aliphatic rings. The number of anilines is 1. The summed E-state index contributed by atoms with van der Waals surface area (Å²) in [5.74, 6) is 1.42. The number of ether oxygens (including phenoxy) is 1. The summed E-state index contributed by atoms with van der Waals surface area (Å²) >= 11 is 0. The van der Waals surface area contributed by atoms with Crippen molar-refractivity contribution in [1.29, 1.82) is 0 Å². The number of nitrogens with one attached hydrogen (secondary N) is 1. The molecule has 6 heteroatoms. The fourth-order valence-electron chi connectivity index (χ4n) is 3.17. The van der Waals surface area contributed by atoms with Crippen LogP contribution in [0.4, 0.5) is 5.69 Å². The van der Waals surface area contributed by atoms with Crippen molar-refractivity contribution >= 4 is 17.6 Å². The molecule has 1 fully saturated rings. The summed E-state index contributed by atoms with van der Waals surface area (Å²) < 4.78 is 5.63.